The second kappa shape index (κ2) is 11.3. The van der Waals surface area contributed by atoms with E-state index in [0.717, 1.165) is 17.0 Å². The zero-order valence-electron chi connectivity index (χ0n) is 21.1. The van der Waals surface area contributed by atoms with Gasteiger partial charge in [0.1, 0.15) is 5.82 Å². The van der Waals surface area contributed by atoms with Gasteiger partial charge in [-0.3, -0.25) is 4.79 Å². The van der Waals surface area contributed by atoms with Crippen LogP contribution in [0.5, 0.6) is 17.2 Å². The van der Waals surface area contributed by atoms with Gasteiger partial charge >= 0.3 is 0 Å². The fourth-order valence-corrected chi connectivity index (χ4v) is 4.46. The summed E-state index contributed by atoms with van der Waals surface area (Å²) in [6.45, 7) is 10.9. The minimum Gasteiger partial charge on any atom is -0.490 e. The highest BCUT2D eigenvalue weighted by Gasteiger charge is 2.20. The van der Waals surface area contributed by atoms with Gasteiger partial charge in [0.05, 0.1) is 31.2 Å². The van der Waals surface area contributed by atoms with E-state index in [1.54, 1.807) is 16.8 Å². The number of nitrogens with one attached hydrogen (secondary N) is 1. The second-order valence-corrected chi connectivity index (χ2v) is 8.86. The standard InChI is InChI=1S/C27H30N4O4S/c1-6-33-22-14-20(15-23(34-7-2)25(22)35-8-3)26(32)29-24-13-18(5)30-31(24)27-28-21(16-36-27)19-11-9-17(4)10-12-19/h9-16H,6-8H2,1-5H3,(H,29,32). The van der Waals surface area contributed by atoms with E-state index in [0.29, 0.717) is 53.6 Å². The molecule has 4 rings (SSSR count). The third-order valence-corrected chi connectivity index (χ3v) is 6.08. The van der Waals surface area contributed by atoms with Gasteiger partial charge in [-0.2, -0.15) is 9.78 Å². The number of hydrogen-bond acceptors (Lipinski definition) is 7. The number of aromatic nitrogens is 3. The van der Waals surface area contributed by atoms with Crippen molar-refractivity contribution in [3.05, 3.63) is 64.7 Å². The van der Waals surface area contributed by atoms with Gasteiger partial charge in [-0.25, -0.2) is 4.98 Å². The van der Waals surface area contributed by atoms with Gasteiger partial charge < -0.3 is 19.5 Å². The monoisotopic (exact) mass is 506 g/mol. The summed E-state index contributed by atoms with van der Waals surface area (Å²) in [7, 11) is 0. The van der Waals surface area contributed by atoms with Crippen molar-refractivity contribution in [3.63, 3.8) is 0 Å². The third kappa shape index (κ3) is 5.52. The first-order valence-electron chi connectivity index (χ1n) is 11.9. The van der Waals surface area contributed by atoms with Crippen molar-refractivity contribution in [3.8, 4) is 33.6 Å². The van der Waals surface area contributed by atoms with Crippen LogP contribution < -0.4 is 19.5 Å². The molecule has 2 aromatic carbocycles. The molecule has 0 aliphatic carbocycles. The van der Waals surface area contributed by atoms with Crippen LogP contribution in [0.1, 0.15) is 42.4 Å². The fraction of sp³-hybridized carbons (Fsp3) is 0.296. The molecule has 0 aliphatic heterocycles. The molecule has 188 valence electrons. The molecule has 1 amide bonds. The maximum atomic E-state index is 13.3. The van der Waals surface area contributed by atoms with Crippen LogP contribution >= 0.6 is 11.3 Å². The van der Waals surface area contributed by atoms with Gasteiger partial charge in [0.25, 0.3) is 5.91 Å². The Balaban J connectivity index is 1.64. The number of hydrogen-bond donors (Lipinski definition) is 1. The lowest BCUT2D eigenvalue weighted by atomic mass is 10.1. The van der Waals surface area contributed by atoms with E-state index in [4.69, 9.17) is 19.2 Å². The lowest BCUT2D eigenvalue weighted by molar-refractivity contribution is 0.102. The Morgan fingerprint density at radius 3 is 2.19 bits per heavy atom. The number of ether oxygens (including phenoxy) is 3. The molecule has 2 aromatic heterocycles. The first-order chi connectivity index (χ1) is 17.4. The smallest absolute Gasteiger partial charge is 0.257 e. The maximum Gasteiger partial charge on any atom is 0.257 e. The van der Waals surface area contributed by atoms with Gasteiger partial charge in [-0.15, -0.1) is 11.3 Å². The average molecular weight is 507 g/mol. The quantitative estimate of drug-likeness (QED) is 0.281. The molecule has 1 N–H and O–H groups in total. The molecule has 9 heteroatoms. The molecular weight excluding hydrogens is 476 g/mol. The number of carbonyl (C=O) groups is 1. The van der Waals surface area contributed by atoms with E-state index >= 15 is 0 Å². The minimum absolute atomic E-state index is 0.323. The van der Waals surface area contributed by atoms with E-state index in [1.165, 1.54) is 16.9 Å². The van der Waals surface area contributed by atoms with E-state index in [9.17, 15) is 4.79 Å². The second-order valence-electron chi connectivity index (χ2n) is 8.02. The fourth-order valence-electron chi connectivity index (χ4n) is 3.66. The minimum atomic E-state index is -0.323. The summed E-state index contributed by atoms with van der Waals surface area (Å²) in [6, 6.07) is 13.3. The number of anilines is 1. The van der Waals surface area contributed by atoms with Crippen molar-refractivity contribution >= 4 is 23.1 Å². The van der Waals surface area contributed by atoms with Gasteiger partial charge in [-0.1, -0.05) is 29.8 Å². The number of amides is 1. The first kappa shape index (κ1) is 25.2. The van der Waals surface area contributed by atoms with E-state index in [1.807, 2.05) is 51.3 Å². The molecule has 8 nitrogen and oxygen atoms in total. The molecule has 0 unspecified atom stereocenters. The Labute approximate surface area is 214 Å². The van der Waals surface area contributed by atoms with Gasteiger partial charge in [0.15, 0.2) is 11.5 Å². The zero-order chi connectivity index (χ0) is 25.7. The van der Waals surface area contributed by atoms with Gasteiger partial charge in [-0.05, 0) is 46.8 Å². The number of aryl methyl sites for hydroxylation is 2. The van der Waals surface area contributed by atoms with Crippen LogP contribution in [0.15, 0.2) is 47.8 Å². The van der Waals surface area contributed by atoms with Crippen molar-refractivity contribution in [1.82, 2.24) is 14.8 Å². The Bertz CT molecular complexity index is 1320. The molecule has 36 heavy (non-hydrogen) atoms. The summed E-state index contributed by atoms with van der Waals surface area (Å²) in [4.78, 5) is 18.1. The predicted octanol–water partition coefficient (Wildman–Crippen LogP) is 6.06. The first-order valence-corrected chi connectivity index (χ1v) is 12.8. The van der Waals surface area contributed by atoms with E-state index < -0.39 is 0 Å². The largest absolute Gasteiger partial charge is 0.490 e. The summed E-state index contributed by atoms with van der Waals surface area (Å²) in [6.07, 6.45) is 0. The molecule has 0 bridgehead atoms. The van der Waals surface area contributed by atoms with Crippen LogP contribution in [0.2, 0.25) is 0 Å². The van der Waals surface area contributed by atoms with Crippen molar-refractivity contribution < 1.29 is 19.0 Å². The summed E-state index contributed by atoms with van der Waals surface area (Å²) in [5.41, 5.74) is 4.22. The van der Waals surface area contributed by atoms with Crippen LogP contribution in [0.3, 0.4) is 0 Å². The molecular formula is C27H30N4O4S. The highest BCUT2D eigenvalue weighted by molar-refractivity contribution is 7.12. The molecule has 0 fully saturated rings. The van der Waals surface area contributed by atoms with Crippen molar-refractivity contribution in [2.24, 2.45) is 0 Å². The van der Waals surface area contributed by atoms with Crippen LogP contribution in [0.4, 0.5) is 5.82 Å². The number of rotatable bonds is 10. The Morgan fingerprint density at radius 1 is 0.944 bits per heavy atom. The molecule has 0 aliphatic rings. The molecule has 2 heterocycles. The van der Waals surface area contributed by atoms with Crippen molar-refractivity contribution in [1.29, 1.82) is 0 Å². The lowest BCUT2D eigenvalue weighted by Gasteiger charge is -2.17. The average Bonchev–Trinajstić information content (AvgIpc) is 3.48. The maximum absolute atomic E-state index is 13.3. The Hall–Kier alpha value is -3.85. The lowest BCUT2D eigenvalue weighted by Crippen LogP contribution is -2.16. The number of carbonyl (C=O) groups excluding carboxylic acids is 1. The van der Waals surface area contributed by atoms with Crippen LogP contribution in [-0.4, -0.2) is 40.5 Å². The van der Waals surface area contributed by atoms with Crippen LogP contribution in [0, 0.1) is 13.8 Å². The number of benzene rings is 2. The molecule has 0 radical (unpaired) electrons. The molecule has 0 saturated carbocycles. The summed E-state index contributed by atoms with van der Waals surface area (Å²) >= 11 is 1.46. The van der Waals surface area contributed by atoms with Crippen LogP contribution in [-0.2, 0) is 0 Å². The topological polar surface area (TPSA) is 87.5 Å². The Morgan fingerprint density at radius 2 is 1.58 bits per heavy atom. The summed E-state index contributed by atoms with van der Waals surface area (Å²) in [5, 5.41) is 10.2. The van der Waals surface area contributed by atoms with Gasteiger partial charge in [0, 0.05) is 22.6 Å². The highest BCUT2D eigenvalue weighted by atomic mass is 32.1. The normalized spacial score (nSPS) is 10.8. The SMILES string of the molecule is CCOc1cc(C(=O)Nc2cc(C)nn2-c2nc(-c3ccc(C)cc3)cs2)cc(OCC)c1OCC. The van der Waals surface area contributed by atoms with E-state index in [-0.39, 0.29) is 5.91 Å². The third-order valence-electron chi connectivity index (χ3n) is 5.27. The molecule has 0 saturated heterocycles. The van der Waals surface area contributed by atoms with Crippen molar-refractivity contribution in [2.45, 2.75) is 34.6 Å². The molecule has 0 spiro atoms. The highest BCUT2D eigenvalue weighted by Crippen LogP contribution is 2.39. The zero-order valence-corrected chi connectivity index (χ0v) is 21.9. The van der Waals surface area contributed by atoms with Crippen LogP contribution in [0.25, 0.3) is 16.4 Å². The van der Waals surface area contributed by atoms with Crippen molar-refractivity contribution in [2.75, 3.05) is 25.1 Å². The predicted molar refractivity (Wildman–Crippen MR) is 142 cm³/mol. The van der Waals surface area contributed by atoms with Gasteiger partial charge in [0.2, 0.25) is 10.9 Å². The Kier molecular flexibility index (Phi) is 7.90. The number of nitrogens with zero attached hydrogens (tertiary/aromatic N) is 3. The molecule has 4 aromatic rings. The summed E-state index contributed by atoms with van der Waals surface area (Å²) < 4.78 is 18.9. The molecule has 0 atom stereocenters. The van der Waals surface area contributed by atoms with E-state index in [2.05, 4.69) is 29.5 Å². The summed E-state index contributed by atoms with van der Waals surface area (Å²) in [5.74, 6) is 1.61. The number of thiazole rings is 1.